The third kappa shape index (κ3) is 4.40. The summed E-state index contributed by atoms with van der Waals surface area (Å²) in [4.78, 5) is 12.8. The molecule has 0 unspecified atom stereocenters. The van der Waals surface area contributed by atoms with E-state index in [-0.39, 0.29) is 12.5 Å². The van der Waals surface area contributed by atoms with Crippen molar-refractivity contribution < 1.29 is 9.90 Å². The van der Waals surface area contributed by atoms with E-state index in [1.165, 1.54) is 11.8 Å². The first-order chi connectivity index (χ1) is 9.67. The summed E-state index contributed by atoms with van der Waals surface area (Å²) in [6, 6.07) is 15.3. The Morgan fingerprint density at radius 1 is 1.20 bits per heavy atom. The smallest absolute Gasteiger partial charge is 0.234 e. The van der Waals surface area contributed by atoms with Crippen molar-refractivity contribution in [2.24, 2.45) is 0 Å². The van der Waals surface area contributed by atoms with Gasteiger partial charge in [-0.05, 0) is 36.8 Å². The second kappa shape index (κ2) is 7.12. The molecular weight excluding hydrogens is 270 g/mol. The van der Waals surface area contributed by atoms with Crippen LogP contribution in [-0.4, -0.2) is 16.8 Å². The van der Waals surface area contributed by atoms with Gasteiger partial charge in [0.1, 0.15) is 0 Å². The molecule has 0 heterocycles. The molecule has 0 aliphatic heterocycles. The highest BCUT2D eigenvalue weighted by Gasteiger charge is 2.04. The van der Waals surface area contributed by atoms with Gasteiger partial charge in [-0.25, -0.2) is 0 Å². The molecule has 0 atom stereocenters. The van der Waals surface area contributed by atoms with Gasteiger partial charge in [-0.15, -0.1) is 11.8 Å². The number of hydrogen-bond donors (Lipinski definition) is 2. The molecule has 104 valence electrons. The minimum Gasteiger partial charge on any atom is -0.392 e. The van der Waals surface area contributed by atoms with Crippen LogP contribution in [-0.2, 0) is 11.4 Å². The average molecular weight is 287 g/mol. The summed E-state index contributed by atoms with van der Waals surface area (Å²) in [5.74, 6) is 0.316. The fraction of sp³-hybridized carbons (Fsp3) is 0.188. The van der Waals surface area contributed by atoms with Gasteiger partial charge in [-0.2, -0.15) is 0 Å². The number of benzene rings is 2. The van der Waals surface area contributed by atoms with Crippen LogP contribution < -0.4 is 5.32 Å². The summed E-state index contributed by atoms with van der Waals surface area (Å²) in [7, 11) is 0. The maximum atomic E-state index is 11.8. The molecule has 0 bridgehead atoms. The summed E-state index contributed by atoms with van der Waals surface area (Å²) < 4.78 is 0. The predicted octanol–water partition coefficient (Wildman–Crippen LogP) is 3.22. The van der Waals surface area contributed by atoms with E-state index in [0.717, 1.165) is 21.7 Å². The zero-order valence-electron chi connectivity index (χ0n) is 11.3. The minimum absolute atomic E-state index is 0.0178. The fourth-order valence-electron chi connectivity index (χ4n) is 1.72. The van der Waals surface area contributed by atoms with Crippen LogP contribution in [0.3, 0.4) is 0 Å². The molecule has 0 aliphatic carbocycles. The maximum Gasteiger partial charge on any atom is 0.234 e. The summed E-state index contributed by atoms with van der Waals surface area (Å²) in [5.41, 5.74) is 2.83. The molecule has 2 aromatic carbocycles. The summed E-state index contributed by atoms with van der Waals surface area (Å²) in [5, 5.41) is 11.9. The van der Waals surface area contributed by atoms with Crippen molar-refractivity contribution in [3.63, 3.8) is 0 Å². The van der Waals surface area contributed by atoms with Crippen LogP contribution in [0.5, 0.6) is 0 Å². The zero-order chi connectivity index (χ0) is 14.4. The Labute approximate surface area is 123 Å². The molecule has 0 saturated carbocycles. The van der Waals surface area contributed by atoms with Gasteiger partial charge in [0, 0.05) is 10.6 Å². The van der Waals surface area contributed by atoms with Crippen molar-refractivity contribution in [1.29, 1.82) is 0 Å². The van der Waals surface area contributed by atoms with Crippen LogP contribution >= 0.6 is 11.8 Å². The molecule has 2 N–H and O–H groups in total. The van der Waals surface area contributed by atoms with Gasteiger partial charge in [0.2, 0.25) is 5.91 Å². The molecule has 0 aromatic heterocycles. The normalized spacial score (nSPS) is 10.3. The molecule has 20 heavy (non-hydrogen) atoms. The van der Waals surface area contributed by atoms with Crippen molar-refractivity contribution in [1.82, 2.24) is 0 Å². The Morgan fingerprint density at radius 3 is 2.65 bits per heavy atom. The van der Waals surface area contributed by atoms with E-state index in [1.807, 2.05) is 55.5 Å². The highest BCUT2D eigenvalue weighted by Crippen LogP contribution is 2.19. The summed E-state index contributed by atoms with van der Waals surface area (Å²) in [6.07, 6.45) is 0. The van der Waals surface area contributed by atoms with Gasteiger partial charge in [0.25, 0.3) is 0 Å². The number of carbonyl (C=O) groups excluding carboxylic acids is 1. The second-order valence-electron chi connectivity index (χ2n) is 4.51. The SMILES string of the molecule is Cc1ccc(NC(=O)CSc2cccc(CO)c2)cc1. The lowest BCUT2D eigenvalue weighted by Crippen LogP contribution is -2.13. The van der Waals surface area contributed by atoms with Crippen LogP contribution in [0.25, 0.3) is 0 Å². The number of thioether (sulfide) groups is 1. The van der Waals surface area contributed by atoms with Crippen LogP contribution in [0.1, 0.15) is 11.1 Å². The molecule has 0 radical (unpaired) electrons. The van der Waals surface area contributed by atoms with E-state index in [1.54, 1.807) is 0 Å². The van der Waals surface area contributed by atoms with Crippen molar-refractivity contribution in [2.75, 3.05) is 11.1 Å². The van der Waals surface area contributed by atoms with E-state index in [2.05, 4.69) is 5.32 Å². The number of aliphatic hydroxyl groups is 1. The van der Waals surface area contributed by atoms with Gasteiger partial charge in [0.15, 0.2) is 0 Å². The van der Waals surface area contributed by atoms with E-state index in [9.17, 15) is 4.79 Å². The Kier molecular flexibility index (Phi) is 5.21. The number of rotatable bonds is 5. The van der Waals surface area contributed by atoms with Crippen molar-refractivity contribution in [3.05, 3.63) is 59.7 Å². The summed E-state index contributed by atoms with van der Waals surface area (Å²) >= 11 is 1.46. The standard InChI is InChI=1S/C16H17NO2S/c1-12-5-7-14(8-6-12)17-16(19)11-20-15-4-2-3-13(9-15)10-18/h2-9,18H,10-11H2,1H3,(H,17,19). The van der Waals surface area contributed by atoms with Gasteiger partial charge in [-0.1, -0.05) is 29.8 Å². The lowest BCUT2D eigenvalue weighted by Gasteiger charge is -2.06. The zero-order valence-corrected chi connectivity index (χ0v) is 12.1. The van der Waals surface area contributed by atoms with Gasteiger partial charge in [0.05, 0.1) is 12.4 Å². The number of aliphatic hydroxyl groups excluding tert-OH is 1. The van der Waals surface area contributed by atoms with Gasteiger partial charge < -0.3 is 10.4 Å². The number of anilines is 1. The Bertz CT molecular complexity index is 581. The van der Waals surface area contributed by atoms with Crippen molar-refractivity contribution in [2.45, 2.75) is 18.4 Å². The van der Waals surface area contributed by atoms with Crippen LogP contribution in [0, 0.1) is 6.92 Å². The monoisotopic (exact) mass is 287 g/mol. The molecule has 3 nitrogen and oxygen atoms in total. The van der Waals surface area contributed by atoms with Crippen molar-refractivity contribution in [3.8, 4) is 0 Å². The van der Waals surface area contributed by atoms with Crippen LogP contribution in [0.4, 0.5) is 5.69 Å². The van der Waals surface area contributed by atoms with Crippen LogP contribution in [0.15, 0.2) is 53.4 Å². The van der Waals surface area contributed by atoms with Gasteiger partial charge in [-0.3, -0.25) is 4.79 Å². The Morgan fingerprint density at radius 2 is 1.95 bits per heavy atom. The Balaban J connectivity index is 1.87. The van der Waals surface area contributed by atoms with Crippen molar-refractivity contribution >= 4 is 23.4 Å². The number of carbonyl (C=O) groups is 1. The third-order valence-corrected chi connectivity index (χ3v) is 3.78. The molecule has 0 saturated heterocycles. The lowest BCUT2D eigenvalue weighted by atomic mass is 10.2. The predicted molar refractivity (Wildman–Crippen MR) is 82.9 cm³/mol. The molecule has 2 aromatic rings. The molecule has 4 heteroatoms. The highest BCUT2D eigenvalue weighted by molar-refractivity contribution is 8.00. The highest BCUT2D eigenvalue weighted by atomic mass is 32.2. The first-order valence-electron chi connectivity index (χ1n) is 6.36. The van der Waals surface area contributed by atoms with E-state index in [4.69, 9.17) is 5.11 Å². The maximum absolute atomic E-state index is 11.8. The minimum atomic E-state index is -0.0340. The number of hydrogen-bond acceptors (Lipinski definition) is 3. The first kappa shape index (κ1) is 14.6. The van der Waals surface area contributed by atoms with E-state index in [0.29, 0.717) is 5.75 Å². The number of nitrogens with one attached hydrogen (secondary N) is 1. The first-order valence-corrected chi connectivity index (χ1v) is 7.35. The molecule has 0 spiro atoms. The molecule has 0 aliphatic rings. The second-order valence-corrected chi connectivity index (χ2v) is 5.56. The van der Waals surface area contributed by atoms with Crippen LogP contribution in [0.2, 0.25) is 0 Å². The quantitative estimate of drug-likeness (QED) is 0.830. The summed E-state index contributed by atoms with van der Waals surface area (Å²) in [6.45, 7) is 2.03. The van der Waals surface area contributed by atoms with E-state index < -0.39 is 0 Å². The van der Waals surface area contributed by atoms with Gasteiger partial charge >= 0.3 is 0 Å². The lowest BCUT2D eigenvalue weighted by molar-refractivity contribution is -0.113. The number of amides is 1. The third-order valence-electron chi connectivity index (χ3n) is 2.79. The Hall–Kier alpha value is -1.78. The van der Waals surface area contributed by atoms with E-state index >= 15 is 0 Å². The average Bonchev–Trinajstić information content (AvgIpc) is 2.48. The fourth-order valence-corrected chi connectivity index (χ4v) is 2.50. The molecule has 2 rings (SSSR count). The molecular formula is C16H17NO2S. The largest absolute Gasteiger partial charge is 0.392 e. The molecule has 1 amide bonds. The molecule has 0 fully saturated rings. The number of aryl methyl sites for hydroxylation is 1. The topological polar surface area (TPSA) is 49.3 Å².